The second-order valence-corrected chi connectivity index (χ2v) is 7.25. The molecule has 2 fully saturated rings. The molecule has 2 aliphatic heterocycles. The van der Waals surface area contributed by atoms with Crippen LogP contribution in [0.2, 0.25) is 0 Å². The van der Waals surface area contributed by atoms with Crippen LogP contribution in [-0.2, 0) is 0 Å². The van der Waals surface area contributed by atoms with Crippen LogP contribution in [0.5, 0.6) is 0 Å². The summed E-state index contributed by atoms with van der Waals surface area (Å²) in [5.74, 6) is 2.24. The molecule has 0 radical (unpaired) electrons. The Balaban J connectivity index is 0.00000162. The topological polar surface area (TPSA) is 15.3 Å². The molecule has 0 aliphatic carbocycles. The van der Waals surface area contributed by atoms with Gasteiger partial charge >= 0.3 is 0 Å². The van der Waals surface area contributed by atoms with Crippen LogP contribution < -0.4 is 5.32 Å². The van der Waals surface area contributed by atoms with Crippen molar-refractivity contribution in [2.24, 2.45) is 5.92 Å². The molecule has 2 rings (SSSR count). The van der Waals surface area contributed by atoms with E-state index < -0.39 is 0 Å². The third-order valence-corrected chi connectivity index (χ3v) is 6.24. The highest BCUT2D eigenvalue weighted by molar-refractivity contribution is 8.00. The number of halogens is 1. The molecule has 0 aromatic rings. The van der Waals surface area contributed by atoms with Crippen molar-refractivity contribution in [3.8, 4) is 0 Å². The fraction of sp³-hybridized carbons (Fsp3) is 1.00. The minimum absolute atomic E-state index is 0. The van der Waals surface area contributed by atoms with Gasteiger partial charge in [-0.2, -0.15) is 11.8 Å². The van der Waals surface area contributed by atoms with E-state index in [-0.39, 0.29) is 12.4 Å². The van der Waals surface area contributed by atoms with E-state index in [4.69, 9.17) is 0 Å². The summed E-state index contributed by atoms with van der Waals surface area (Å²) in [4.78, 5) is 2.74. The van der Waals surface area contributed by atoms with E-state index >= 15 is 0 Å². The van der Waals surface area contributed by atoms with Gasteiger partial charge in [-0.15, -0.1) is 12.4 Å². The highest BCUT2D eigenvalue weighted by Crippen LogP contribution is 2.36. The fourth-order valence-corrected chi connectivity index (χ4v) is 4.67. The van der Waals surface area contributed by atoms with Crippen LogP contribution in [0.1, 0.15) is 39.5 Å². The first kappa shape index (κ1) is 16.6. The molecule has 2 heterocycles. The van der Waals surface area contributed by atoms with Gasteiger partial charge in [-0.05, 0) is 44.7 Å². The van der Waals surface area contributed by atoms with Crippen molar-refractivity contribution in [2.45, 2.75) is 44.3 Å². The summed E-state index contributed by atoms with van der Waals surface area (Å²) in [5.41, 5.74) is 0. The van der Waals surface area contributed by atoms with Gasteiger partial charge in [-0.1, -0.05) is 13.8 Å². The van der Waals surface area contributed by atoms with Gasteiger partial charge in [-0.3, -0.25) is 0 Å². The first-order chi connectivity index (χ1) is 8.28. The number of rotatable bonds is 4. The molecule has 2 saturated heterocycles. The van der Waals surface area contributed by atoms with E-state index in [0.717, 1.165) is 5.92 Å². The largest absolute Gasteiger partial charge is 0.316 e. The maximum atomic E-state index is 3.54. The Labute approximate surface area is 123 Å². The number of nitrogens with one attached hydrogen (secondary N) is 1. The van der Waals surface area contributed by atoms with Crippen molar-refractivity contribution >= 4 is 24.2 Å². The zero-order chi connectivity index (χ0) is 12.1. The summed E-state index contributed by atoms with van der Waals surface area (Å²) >= 11 is 2.22. The normalized spacial score (nSPS) is 28.7. The van der Waals surface area contributed by atoms with Gasteiger partial charge in [0.2, 0.25) is 0 Å². The maximum absolute atomic E-state index is 3.54. The van der Waals surface area contributed by atoms with Crippen LogP contribution in [0.15, 0.2) is 0 Å². The molecular weight excluding hydrogens is 264 g/mol. The number of piperidine rings is 1. The molecule has 4 heteroatoms. The molecule has 1 unspecified atom stereocenters. The Morgan fingerprint density at radius 3 is 2.72 bits per heavy atom. The Morgan fingerprint density at radius 2 is 2.11 bits per heavy atom. The van der Waals surface area contributed by atoms with E-state index in [1.54, 1.807) is 0 Å². The van der Waals surface area contributed by atoms with Crippen LogP contribution in [-0.4, -0.2) is 48.1 Å². The average molecular weight is 293 g/mol. The monoisotopic (exact) mass is 292 g/mol. The second kappa shape index (κ2) is 7.98. The van der Waals surface area contributed by atoms with E-state index in [9.17, 15) is 0 Å². The average Bonchev–Trinajstić information content (AvgIpc) is 2.40. The van der Waals surface area contributed by atoms with E-state index in [0.29, 0.717) is 4.75 Å². The van der Waals surface area contributed by atoms with Gasteiger partial charge < -0.3 is 10.2 Å². The van der Waals surface area contributed by atoms with Crippen molar-refractivity contribution in [1.82, 2.24) is 10.2 Å². The lowest BCUT2D eigenvalue weighted by Crippen LogP contribution is -2.49. The van der Waals surface area contributed by atoms with Crippen molar-refractivity contribution < 1.29 is 0 Å². The Bertz CT molecular complexity index is 228. The molecule has 0 aromatic carbocycles. The van der Waals surface area contributed by atoms with Crippen molar-refractivity contribution in [3.63, 3.8) is 0 Å². The Kier molecular flexibility index (Phi) is 7.37. The van der Waals surface area contributed by atoms with Crippen molar-refractivity contribution in [3.05, 3.63) is 0 Å². The molecule has 18 heavy (non-hydrogen) atoms. The van der Waals surface area contributed by atoms with Crippen LogP contribution in [0.4, 0.5) is 0 Å². The van der Waals surface area contributed by atoms with Gasteiger partial charge in [0.05, 0.1) is 0 Å². The standard InChI is InChI=1S/C14H28N2S.ClH/c1-3-14(4-2)12-16(8-9-17-14)11-13-6-5-7-15-10-13;/h13,15H,3-12H2,1-2H3;1H. The lowest BCUT2D eigenvalue weighted by atomic mass is 9.96. The first-order valence-corrected chi connectivity index (χ1v) is 8.33. The molecule has 1 atom stereocenters. The predicted molar refractivity (Wildman–Crippen MR) is 85.1 cm³/mol. The highest BCUT2D eigenvalue weighted by atomic mass is 35.5. The Morgan fingerprint density at radius 1 is 1.33 bits per heavy atom. The third kappa shape index (κ3) is 4.29. The number of thioether (sulfide) groups is 1. The van der Waals surface area contributed by atoms with Gasteiger partial charge in [0.1, 0.15) is 0 Å². The van der Waals surface area contributed by atoms with Gasteiger partial charge in [0.15, 0.2) is 0 Å². The molecular formula is C14H29ClN2S. The Hall–Kier alpha value is 0.560. The molecule has 0 saturated carbocycles. The molecule has 2 nitrogen and oxygen atoms in total. The van der Waals surface area contributed by atoms with E-state index in [2.05, 4.69) is 35.8 Å². The number of hydrogen-bond donors (Lipinski definition) is 1. The molecule has 0 aromatic heterocycles. The van der Waals surface area contributed by atoms with Gasteiger partial charge in [-0.25, -0.2) is 0 Å². The maximum Gasteiger partial charge on any atom is 0.0282 e. The smallest absolute Gasteiger partial charge is 0.0282 e. The van der Waals surface area contributed by atoms with Crippen LogP contribution in [0, 0.1) is 5.92 Å². The summed E-state index contributed by atoms with van der Waals surface area (Å²) < 4.78 is 0.556. The molecule has 2 aliphatic rings. The molecule has 0 bridgehead atoms. The quantitative estimate of drug-likeness (QED) is 0.857. The molecule has 0 spiro atoms. The highest BCUT2D eigenvalue weighted by Gasteiger charge is 2.33. The summed E-state index contributed by atoms with van der Waals surface area (Å²) in [6, 6.07) is 0. The van der Waals surface area contributed by atoms with Crippen molar-refractivity contribution in [2.75, 3.05) is 38.5 Å². The second-order valence-electron chi connectivity index (χ2n) is 5.69. The lowest BCUT2D eigenvalue weighted by Gasteiger charge is -2.43. The molecule has 108 valence electrons. The van der Waals surface area contributed by atoms with E-state index in [1.807, 2.05) is 0 Å². The summed E-state index contributed by atoms with van der Waals surface area (Å²) in [7, 11) is 0. The van der Waals surface area contributed by atoms with Crippen LogP contribution in [0.3, 0.4) is 0 Å². The van der Waals surface area contributed by atoms with Crippen molar-refractivity contribution in [1.29, 1.82) is 0 Å². The minimum atomic E-state index is 0. The zero-order valence-electron chi connectivity index (χ0n) is 11.9. The summed E-state index contributed by atoms with van der Waals surface area (Å²) in [6.07, 6.45) is 5.46. The minimum Gasteiger partial charge on any atom is -0.316 e. The zero-order valence-corrected chi connectivity index (χ0v) is 13.5. The SMILES string of the molecule is CCC1(CC)CN(CC2CCCNC2)CCS1.Cl. The summed E-state index contributed by atoms with van der Waals surface area (Å²) in [5, 5.41) is 3.54. The predicted octanol–water partition coefficient (Wildman–Crippen LogP) is 3.02. The van der Waals surface area contributed by atoms with Crippen LogP contribution in [0.25, 0.3) is 0 Å². The van der Waals surface area contributed by atoms with Gasteiger partial charge in [0, 0.05) is 30.1 Å². The lowest BCUT2D eigenvalue weighted by molar-refractivity contribution is 0.189. The van der Waals surface area contributed by atoms with Gasteiger partial charge in [0.25, 0.3) is 0 Å². The fourth-order valence-electron chi connectivity index (χ4n) is 3.20. The number of nitrogens with zero attached hydrogens (tertiary/aromatic N) is 1. The molecule has 0 amide bonds. The van der Waals surface area contributed by atoms with Crippen LogP contribution >= 0.6 is 24.2 Å². The molecule has 1 N–H and O–H groups in total. The third-order valence-electron chi connectivity index (χ3n) is 4.53. The number of hydrogen-bond acceptors (Lipinski definition) is 3. The van der Waals surface area contributed by atoms with E-state index in [1.165, 1.54) is 64.2 Å². The first-order valence-electron chi connectivity index (χ1n) is 7.35. The summed E-state index contributed by atoms with van der Waals surface area (Å²) in [6.45, 7) is 11.2.